The van der Waals surface area contributed by atoms with Crippen molar-refractivity contribution in [2.75, 3.05) is 5.32 Å². The van der Waals surface area contributed by atoms with Crippen LogP contribution in [0.3, 0.4) is 0 Å². The first-order valence-electron chi connectivity index (χ1n) is 6.61. The van der Waals surface area contributed by atoms with E-state index in [0.717, 1.165) is 23.9 Å². The van der Waals surface area contributed by atoms with Crippen LogP contribution in [-0.2, 0) is 6.54 Å². The predicted octanol–water partition coefficient (Wildman–Crippen LogP) is 4.35. The number of benzene rings is 1. The highest BCUT2D eigenvalue weighted by Crippen LogP contribution is 2.21. The first kappa shape index (κ1) is 12.9. The van der Waals surface area contributed by atoms with Gasteiger partial charge in [0, 0.05) is 16.8 Å². The number of anilines is 2. The number of hydrogen-bond acceptors (Lipinski definition) is 3. The Bertz CT molecular complexity index is 698. The zero-order chi connectivity index (χ0) is 13.9. The molecule has 20 heavy (non-hydrogen) atoms. The van der Waals surface area contributed by atoms with Crippen LogP contribution in [0.5, 0.6) is 0 Å². The van der Waals surface area contributed by atoms with Gasteiger partial charge in [0.15, 0.2) is 0 Å². The Kier molecular flexibility index (Phi) is 3.56. The second-order valence-corrected chi connectivity index (χ2v) is 5.85. The lowest BCUT2D eigenvalue weighted by Crippen LogP contribution is -2.04. The van der Waals surface area contributed by atoms with E-state index in [1.807, 2.05) is 37.3 Å². The van der Waals surface area contributed by atoms with Crippen LogP contribution in [0.15, 0.2) is 48.0 Å². The molecule has 0 spiro atoms. The summed E-state index contributed by atoms with van der Waals surface area (Å²) < 4.78 is 2.17. The van der Waals surface area contributed by atoms with E-state index < -0.39 is 0 Å². The lowest BCUT2D eigenvalue weighted by molar-refractivity contribution is 0.815. The second-order valence-electron chi connectivity index (χ2n) is 4.85. The minimum Gasteiger partial charge on any atom is -0.326 e. The third kappa shape index (κ3) is 2.75. The van der Waals surface area contributed by atoms with E-state index in [4.69, 9.17) is 0 Å². The van der Waals surface area contributed by atoms with E-state index in [1.165, 1.54) is 10.4 Å². The van der Waals surface area contributed by atoms with Gasteiger partial charge in [-0.05, 0) is 43.0 Å². The molecule has 0 fully saturated rings. The molecule has 0 atom stereocenters. The summed E-state index contributed by atoms with van der Waals surface area (Å²) in [6, 6.07) is 12.3. The van der Waals surface area contributed by atoms with E-state index in [2.05, 4.69) is 39.4 Å². The molecule has 0 radical (unpaired) electrons. The molecule has 0 aliphatic heterocycles. The van der Waals surface area contributed by atoms with Crippen LogP contribution in [0.4, 0.5) is 11.6 Å². The van der Waals surface area contributed by atoms with Crippen molar-refractivity contribution in [2.24, 2.45) is 0 Å². The van der Waals surface area contributed by atoms with Crippen molar-refractivity contribution in [2.45, 2.75) is 20.4 Å². The monoisotopic (exact) mass is 283 g/mol. The maximum absolute atomic E-state index is 4.57. The van der Waals surface area contributed by atoms with Gasteiger partial charge in [0.1, 0.15) is 0 Å². The fraction of sp³-hybridized carbons (Fsp3) is 0.188. The van der Waals surface area contributed by atoms with Crippen molar-refractivity contribution in [1.82, 2.24) is 9.55 Å². The van der Waals surface area contributed by atoms with Gasteiger partial charge in [-0.1, -0.05) is 18.2 Å². The van der Waals surface area contributed by atoms with Crippen molar-refractivity contribution in [1.29, 1.82) is 0 Å². The molecule has 0 amide bonds. The molecule has 1 N–H and O–H groups in total. The Balaban J connectivity index is 1.87. The SMILES string of the molecule is Cc1cn(Cc2sccc2C)c(Nc2ccccc2)n1. The molecular weight excluding hydrogens is 266 g/mol. The fourth-order valence-corrected chi connectivity index (χ4v) is 3.04. The summed E-state index contributed by atoms with van der Waals surface area (Å²) in [7, 11) is 0. The number of thiophene rings is 1. The van der Waals surface area contributed by atoms with Crippen molar-refractivity contribution in [3.63, 3.8) is 0 Å². The average molecular weight is 283 g/mol. The number of nitrogens with one attached hydrogen (secondary N) is 1. The molecule has 0 unspecified atom stereocenters. The summed E-state index contributed by atoms with van der Waals surface area (Å²) in [5.41, 5.74) is 3.42. The summed E-state index contributed by atoms with van der Waals surface area (Å²) in [6.07, 6.45) is 2.09. The molecular formula is C16H17N3S. The van der Waals surface area contributed by atoms with E-state index in [9.17, 15) is 0 Å². The molecule has 0 bridgehead atoms. The Morgan fingerprint density at radius 3 is 2.65 bits per heavy atom. The van der Waals surface area contributed by atoms with Gasteiger partial charge in [-0.25, -0.2) is 4.98 Å². The molecule has 1 aromatic carbocycles. The van der Waals surface area contributed by atoms with Crippen molar-refractivity contribution >= 4 is 23.0 Å². The van der Waals surface area contributed by atoms with Gasteiger partial charge in [-0.2, -0.15) is 0 Å². The molecule has 0 aliphatic rings. The molecule has 3 nitrogen and oxygen atoms in total. The summed E-state index contributed by atoms with van der Waals surface area (Å²) in [5, 5.41) is 5.52. The van der Waals surface area contributed by atoms with E-state index >= 15 is 0 Å². The minimum absolute atomic E-state index is 0.861. The number of aryl methyl sites for hydroxylation is 2. The summed E-state index contributed by atoms with van der Waals surface area (Å²) in [5.74, 6) is 0.890. The van der Waals surface area contributed by atoms with Gasteiger partial charge < -0.3 is 9.88 Å². The van der Waals surface area contributed by atoms with Crippen molar-refractivity contribution in [3.05, 3.63) is 64.1 Å². The molecule has 3 rings (SSSR count). The van der Waals surface area contributed by atoms with Crippen LogP contribution in [0.25, 0.3) is 0 Å². The molecule has 4 heteroatoms. The largest absolute Gasteiger partial charge is 0.326 e. The number of nitrogens with zero attached hydrogens (tertiary/aromatic N) is 2. The highest BCUT2D eigenvalue weighted by atomic mass is 32.1. The molecule has 2 aromatic heterocycles. The maximum Gasteiger partial charge on any atom is 0.207 e. The average Bonchev–Trinajstić information content (AvgIpc) is 2.98. The standard InChI is InChI=1S/C16H17N3S/c1-12-8-9-20-15(12)11-19-10-13(2)17-16(19)18-14-6-4-3-5-7-14/h3-10H,11H2,1-2H3,(H,17,18). The van der Waals surface area contributed by atoms with Crippen LogP contribution in [0.2, 0.25) is 0 Å². The van der Waals surface area contributed by atoms with Gasteiger partial charge in [-0.3, -0.25) is 0 Å². The second kappa shape index (κ2) is 5.51. The molecule has 0 aliphatic carbocycles. The molecule has 102 valence electrons. The summed E-state index contributed by atoms with van der Waals surface area (Å²) >= 11 is 1.79. The van der Waals surface area contributed by atoms with Crippen molar-refractivity contribution < 1.29 is 0 Å². The van der Waals surface area contributed by atoms with E-state index in [1.54, 1.807) is 11.3 Å². The van der Waals surface area contributed by atoms with Crippen LogP contribution >= 0.6 is 11.3 Å². The number of aromatic nitrogens is 2. The maximum atomic E-state index is 4.57. The highest BCUT2D eigenvalue weighted by Gasteiger charge is 2.08. The Morgan fingerprint density at radius 2 is 1.95 bits per heavy atom. The normalized spacial score (nSPS) is 10.7. The Morgan fingerprint density at radius 1 is 1.15 bits per heavy atom. The number of imidazole rings is 1. The van der Waals surface area contributed by atoms with Gasteiger partial charge in [0.2, 0.25) is 5.95 Å². The third-order valence-corrected chi connectivity index (χ3v) is 4.22. The first-order chi connectivity index (χ1) is 9.72. The topological polar surface area (TPSA) is 29.9 Å². The number of hydrogen-bond donors (Lipinski definition) is 1. The lowest BCUT2D eigenvalue weighted by Gasteiger charge is -2.09. The minimum atomic E-state index is 0.861. The Hall–Kier alpha value is -2.07. The summed E-state index contributed by atoms with van der Waals surface area (Å²) in [4.78, 5) is 5.95. The van der Waals surface area contributed by atoms with Crippen LogP contribution in [0, 0.1) is 13.8 Å². The number of para-hydroxylation sites is 1. The zero-order valence-electron chi connectivity index (χ0n) is 11.6. The lowest BCUT2D eigenvalue weighted by atomic mass is 10.3. The molecule has 0 saturated heterocycles. The van der Waals surface area contributed by atoms with Crippen LogP contribution < -0.4 is 5.32 Å². The molecule has 0 saturated carbocycles. The van der Waals surface area contributed by atoms with Crippen molar-refractivity contribution in [3.8, 4) is 0 Å². The molecule has 3 aromatic rings. The van der Waals surface area contributed by atoms with Gasteiger partial charge in [0.05, 0.1) is 12.2 Å². The number of rotatable bonds is 4. The predicted molar refractivity (Wildman–Crippen MR) is 84.8 cm³/mol. The van der Waals surface area contributed by atoms with E-state index in [-0.39, 0.29) is 0 Å². The van der Waals surface area contributed by atoms with Crippen LogP contribution in [0.1, 0.15) is 16.1 Å². The van der Waals surface area contributed by atoms with Gasteiger partial charge in [-0.15, -0.1) is 11.3 Å². The van der Waals surface area contributed by atoms with Gasteiger partial charge >= 0.3 is 0 Å². The summed E-state index contributed by atoms with van der Waals surface area (Å²) in [6.45, 7) is 5.04. The van der Waals surface area contributed by atoms with Gasteiger partial charge in [0.25, 0.3) is 0 Å². The smallest absolute Gasteiger partial charge is 0.207 e. The zero-order valence-corrected chi connectivity index (χ0v) is 12.4. The molecule has 2 heterocycles. The fourth-order valence-electron chi connectivity index (χ4n) is 2.14. The Labute approximate surface area is 122 Å². The third-order valence-electron chi connectivity index (χ3n) is 3.21. The highest BCUT2D eigenvalue weighted by molar-refractivity contribution is 7.10. The van der Waals surface area contributed by atoms with Crippen LogP contribution in [-0.4, -0.2) is 9.55 Å². The van der Waals surface area contributed by atoms with E-state index in [0.29, 0.717) is 0 Å². The first-order valence-corrected chi connectivity index (χ1v) is 7.49. The quantitative estimate of drug-likeness (QED) is 0.771.